The van der Waals surface area contributed by atoms with Crippen molar-refractivity contribution in [3.63, 3.8) is 0 Å². The third-order valence-corrected chi connectivity index (χ3v) is 5.65. The minimum Gasteiger partial charge on any atom is -0.368 e. The average Bonchev–Trinajstić information content (AvgIpc) is 2.97. The molecule has 2 aliphatic heterocycles. The Bertz CT molecular complexity index is 574. The zero-order valence-electron chi connectivity index (χ0n) is 12.9. The van der Waals surface area contributed by atoms with Gasteiger partial charge in [-0.3, -0.25) is 9.69 Å². The molecule has 4 nitrogen and oxygen atoms in total. The lowest BCUT2D eigenvalue weighted by molar-refractivity contribution is -0.149. The Kier molecular flexibility index (Phi) is 3.66. The van der Waals surface area contributed by atoms with E-state index in [1.54, 1.807) is 0 Å². The summed E-state index contributed by atoms with van der Waals surface area (Å²) < 4.78 is 6.41. The summed E-state index contributed by atoms with van der Waals surface area (Å²) >= 11 is 0. The molecule has 0 bridgehead atoms. The van der Waals surface area contributed by atoms with Crippen LogP contribution in [-0.4, -0.2) is 35.7 Å². The van der Waals surface area contributed by atoms with Crippen LogP contribution in [-0.2, 0) is 16.0 Å². The molecule has 0 spiro atoms. The van der Waals surface area contributed by atoms with E-state index >= 15 is 0 Å². The van der Waals surface area contributed by atoms with Gasteiger partial charge in [0, 0.05) is 12.5 Å². The number of carbonyl (C=O) groups excluding carboxylic acids is 1. The van der Waals surface area contributed by atoms with E-state index in [1.165, 1.54) is 30.4 Å². The first kappa shape index (κ1) is 14.2. The van der Waals surface area contributed by atoms with E-state index < -0.39 is 0 Å². The molecule has 118 valence electrons. The quantitative estimate of drug-likeness (QED) is 0.910. The first-order valence-corrected chi connectivity index (χ1v) is 8.52. The Morgan fingerprint density at radius 2 is 2.05 bits per heavy atom. The van der Waals surface area contributed by atoms with Gasteiger partial charge in [0.25, 0.3) is 0 Å². The van der Waals surface area contributed by atoms with Gasteiger partial charge in [0.05, 0.1) is 12.1 Å². The van der Waals surface area contributed by atoms with Gasteiger partial charge >= 0.3 is 0 Å². The topological polar surface area (TPSA) is 55.6 Å². The molecule has 0 aromatic heterocycles. The van der Waals surface area contributed by atoms with Gasteiger partial charge in [0.15, 0.2) is 0 Å². The molecular formula is C18H24N2O2. The summed E-state index contributed by atoms with van der Waals surface area (Å²) in [6, 6.07) is 8.69. The van der Waals surface area contributed by atoms with Crippen molar-refractivity contribution < 1.29 is 9.53 Å². The van der Waals surface area contributed by atoms with Gasteiger partial charge in [-0.1, -0.05) is 24.3 Å². The SMILES string of the molecule is NC(=O)C1CCC2OC([C@@H]3CCCc4ccccc43)CCN21. The van der Waals surface area contributed by atoms with Crippen LogP contribution in [0.1, 0.15) is 49.1 Å². The number of ether oxygens (including phenoxy) is 1. The molecule has 22 heavy (non-hydrogen) atoms. The van der Waals surface area contributed by atoms with Gasteiger partial charge in [0.2, 0.25) is 5.91 Å². The van der Waals surface area contributed by atoms with Crippen molar-refractivity contribution >= 4 is 5.91 Å². The Hall–Kier alpha value is -1.39. The van der Waals surface area contributed by atoms with E-state index in [-0.39, 0.29) is 24.3 Å². The van der Waals surface area contributed by atoms with Crippen molar-refractivity contribution in [2.45, 2.75) is 62.8 Å². The highest BCUT2D eigenvalue weighted by atomic mass is 16.5. The summed E-state index contributed by atoms with van der Waals surface area (Å²) in [5.41, 5.74) is 8.48. The zero-order chi connectivity index (χ0) is 15.1. The largest absolute Gasteiger partial charge is 0.368 e. The maximum atomic E-state index is 11.5. The number of benzene rings is 1. The molecule has 1 amide bonds. The number of rotatable bonds is 2. The standard InChI is InChI=1S/C18H24N2O2/c19-18(21)15-8-9-17-20(15)11-10-16(22-17)14-7-3-5-12-4-1-2-6-13(12)14/h1-2,4,6,14-17H,3,5,7-11H2,(H2,19,21)/t14-,15?,16?,17?/m1/s1. The number of hydrogen-bond acceptors (Lipinski definition) is 3. The van der Waals surface area contributed by atoms with Crippen LogP contribution in [0, 0.1) is 0 Å². The second kappa shape index (κ2) is 5.67. The lowest BCUT2D eigenvalue weighted by atomic mass is 9.78. The molecular weight excluding hydrogens is 276 g/mol. The van der Waals surface area contributed by atoms with Crippen molar-refractivity contribution in [1.29, 1.82) is 0 Å². The second-order valence-corrected chi connectivity index (χ2v) is 6.85. The summed E-state index contributed by atoms with van der Waals surface area (Å²) in [5, 5.41) is 0. The maximum absolute atomic E-state index is 11.5. The number of nitrogens with two attached hydrogens (primary N) is 1. The molecule has 2 saturated heterocycles. The molecule has 2 N–H and O–H groups in total. The molecule has 0 saturated carbocycles. The van der Waals surface area contributed by atoms with E-state index in [9.17, 15) is 4.79 Å². The molecule has 0 radical (unpaired) electrons. The Morgan fingerprint density at radius 3 is 2.91 bits per heavy atom. The average molecular weight is 300 g/mol. The highest BCUT2D eigenvalue weighted by molar-refractivity contribution is 5.80. The third kappa shape index (κ3) is 2.34. The lowest BCUT2D eigenvalue weighted by Gasteiger charge is -2.41. The number of aryl methyl sites for hydroxylation is 1. The monoisotopic (exact) mass is 300 g/mol. The molecule has 1 aromatic carbocycles. The second-order valence-electron chi connectivity index (χ2n) is 6.85. The first-order valence-electron chi connectivity index (χ1n) is 8.52. The minimum atomic E-state index is -0.201. The van der Waals surface area contributed by atoms with E-state index in [0.717, 1.165) is 25.8 Å². The third-order valence-electron chi connectivity index (χ3n) is 5.65. The summed E-state index contributed by atoms with van der Waals surface area (Å²) in [6.45, 7) is 0.932. The molecule has 2 heterocycles. The van der Waals surface area contributed by atoms with Crippen LogP contribution in [0.15, 0.2) is 24.3 Å². The highest BCUT2D eigenvalue weighted by Crippen LogP contribution is 2.40. The molecule has 1 aromatic rings. The molecule has 4 atom stereocenters. The summed E-state index contributed by atoms with van der Waals surface area (Å²) in [5.74, 6) is 0.312. The fourth-order valence-corrected chi connectivity index (χ4v) is 4.60. The smallest absolute Gasteiger partial charge is 0.234 e. The van der Waals surface area contributed by atoms with E-state index in [2.05, 4.69) is 29.2 Å². The molecule has 4 rings (SSSR count). The number of hydrogen-bond donors (Lipinski definition) is 1. The highest BCUT2D eigenvalue weighted by Gasteiger charge is 2.43. The number of primary amides is 1. The predicted octanol–water partition coefficient (Wildman–Crippen LogP) is 2.17. The first-order chi connectivity index (χ1) is 10.7. The number of fused-ring (bicyclic) bond motifs is 2. The van der Waals surface area contributed by atoms with Crippen molar-refractivity contribution in [1.82, 2.24) is 4.90 Å². The number of carbonyl (C=O) groups is 1. The van der Waals surface area contributed by atoms with Crippen molar-refractivity contribution in [3.05, 3.63) is 35.4 Å². The molecule has 1 aliphatic carbocycles. The van der Waals surface area contributed by atoms with Gasteiger partial charge in [0.1, 0.15) is 6.23 Å². The van der Waals surface area contributed by atoms with Crippen molar-refractivity contribution in [3.8, 4) is 0 Å². The Morgan fingerprint density at radius 1 is 1.18 bits per heavy atom. The van der Waals surface area contributed by atoms with E-state index in [4.69, 9.17) is 10.5 Å². The maximum Gasteiger partial charge on any atom is 0.234 e. The van der Waals surface area contributed by atoms with Crippen molar-refractivity contribution in [2.75, 3.05) is 6.54 Å². The van der Waals surface area contributed by atoms with E-state index in [1.807, 2.05) is 0 Å². The fourth-order valence-electron chi connectivity index (χ4n) is 4.60. The van der Waals surface area contributed by atoms with Crippen molar-refractivity contribution in [2.24, 2.45) is 5.73 Å². The molecule has 3 aliphatic rings. The minimum absolute atomic E-state index is 0.0883. The Balaban J connectivity index is 1.51. The predicted molar refractivity (Wildman–Crippen MR) is 84.3 cm³/mol. The number of nitrogens with zero attached hydrogens (tertiary/aromatic N) is 1. The van der Waals surface area contributed by atoms with Crippen LogP contribution >= 0.6 is 0 Å². The van der Waals surface area contributed by atoms with Crippen LogP contribution in [0.5, 0.6) is 0 Å². The van der Waals surface area contributed by atoms with Gasteiger partial charge in [-0.25, -0.2) is 0 Å². The van der Waals surface area contributed by atoms with E-state index in [0.29, 0.717) is 5.92 Å². The van der Waals surface area contributed by atoms with Crippen LogP contribution in [0.2, 0.25) is 0 Å². The van der Waals surface area contributed by atoms with Crippen LogP contribution < -0.4 is 5.73 Å². The fraction of sp³-hybridized carbons (Fsp3) is 0.611. The summed E-state index contributed by atoms with van der Waals surface area (Å²) in [7, 11) is 0. The molecule has 4 heteroatoms. The lowest BCUT2D eigenvalue weighted by Crippen LogP contribution is -2.51. The van der Waals surface area contributed by atoms with Crippen LogP contribution in [0.3, 0.4) is 0 Å². The van der Waals surface area contributed by atoms with Gasteiger partial charge in [-0.15, -0.1) is 0 Å². The molecule has 3 unspecified atom stereocenters. The van der Waals surface area contributed by atoms with Crippen LogP contribution in [0.4, 0.5) is 0 Å². The van der Waals surface area contributed by atoms with Gasteiger partial charge in [-0.2, -0.15) is 0 Å². The summed E-state index contributed by atoms with van der Waals surface area (Å²) in [6.07, 6.45) is 6.80. The normalized spacial score (nSPS) is 34.9. The van der Waals surface area contributed by atoms with Gasteiger partial charge < -0.3 is 10.5 Å². The number of amides is 1. The summed E-state index contributed by atoms with van der Waals surface area (Å²) in [4.78, 5) is 13.7. The Labute approximate surface area is 131 Å². The zero-order valence-corrected chi connectivity index (χ0v) is 12.9. The molecule has 2 fully saturated rings. The van der Waals surface area contributed by atoms with Gasteiger partial charge in [-0.05, 0) is 49.7 Å². The van der Waals surface area contributed by atoms with Crippen LogP contribution in [0.25, 0.3) is 0 Å².